The van der Waals surface area contributed by atoms with E-state index in [9.17, 15) is 4.79 Å². The Bertz CT molecular complexity index is 420. The average Bonchev–Trinajstić information content (AvgIpc) is 2.53. The van der Waals surface area contributed by atoms with Crippen molar-refractivity contribution in [3.05, 3.63) is 10.6 Å². The Balaban J connectivity index is 2.95. The molecule has 1 atom stereocenters. The van der Waals surface area contributed by atoms with Crippen LogP contribution in [0.5, 0.6) is 0 Å². The number of hydrogen-bond donors (Lipinski definition) is 1. The number of carbonyl (C=O) groups excluding carboxylic acids is 1. The second-order valence-corrected chi connectivity index (χ2v) is 6.46. The summed E-state index contributed by atoms with van der Waals surface area (Å²) in [7, 11) is 1.83. The molecule has 0 saturated heterocycles. The van der Waals surface area contributed by atoms with Gasteiger partial charge in [-0.2, -0.15) is 0 Å². The van der Waals surface area contributed by atoms with Gasteiger partial charge < -0.3 is 10.6 Å². The highest BCUT2D eigenvalue weighted by Gasteiger charge is 2.29. The number of carbonyl (C=O) groups is 1. The van der Waals surface area contributed by atoms with Crippen molar-refractivity contribution in [1.82, 2.24) is 9.88 Å². The predicted octanol–water partition coefficient (Wildman–Crippen LogP) is 2.54. The highest BCUT2D eigenvalue weighted by molar-refractivity contribution is 7.17. The van der Waals surface area contributed by atoms with Crippen molar-refractivity contribution < 1.29 is 4.79 Å². The van der Waals surface area contributed by atoms with Gasteiger partial charge >= 0.3 is 0 Å². The number of rotatable bonds is 2. The lowest BCUT2D eigenvalue weighted by Gasteiger charge is -2.35. The van der Waals surface area contributed by atoms with Gasteiger partial charge in [-0.05, 0) is 19.3 Å². The largest absolute Gasteiger partial charge is 0.375 e. The number of hydrogen-bond acceptors (Lipinski definition) is 4. The van der Waals surface area contributed by atoms with E-state index < -0.39 is 0 Å². The fourth-order valence-corrected chi connectivity index (χ4v) is 2.35. The van der Waals surface area contributed by atoms with E-state index in [-0.39, 0.29) is 17.4 Å². The van der Waals surface area contributed by atoms with Gasteiger partial charge in [0.2, 0.25) is 0 Å². The summed E-state index contributed by atoms with van der Waals surface area (Å²) < 4.78 is 0. The topological polar surface area (TPSA) is 59.2 Å². The highest BCUT2D eigenvalue weighted by Crippen LogP contribution is 2.27. The van der Waals surface area contributed by atoms with Crippen molar-refractivity contribution in [2.24, 2.45) is 5.41 Å². The average molecular weight is 255 g/mol. The van der Waals surface area contributed by atoms with Crippen LogP contribution in [0.2, 0.25) is 0 Å². The monoisotopic (exact) mass is 255 g/mol. The molecule has 1 aromatic heterocycles. The fraction of sp³-hybridized carbons (Fsp3) is 0.667. The Labute approximate surface area is 107 Å². The minimum absolute atomic E-state index is 0.000810. The van der Waals surface area contributed by atoms with Crippen molar-refractivity contribution in [2.45, 2.75) is 40.7 Å². The molecule has 1 rings (SSSR count). The van der Waals surface area contributed by atoms with Crippen LogP contribution in [0.1, 0.15) is 43.1 Å². The molecule has 5 heteroatoms. The zero-order valence-electron chi connectivity index (χ0n) is 11.4. The van der Waals surface area contributed by atoms with Gasteiger partial charge in [-0.1, -0.05) is 32.1 Å². The third kappa shape index (κ3) is 2.97. The van der Waals surface area contributed by atoms with Crippen LogP contribution in [0.15, 0.2) is 0 Å². The molecule has 0 aliphatic rings. The SMILES string of the molecule is Cc1nc(N)sc1C(=O)N(C)C(C)C(C)(C)C. The van der Waals surface area contributed by atoms with Crippen LogP contribution in [0.4, 0.5) is 5.13 Å². The number of anilines is 1. The van der Waals surface area contributed by atoms with Crippen LogP contribution in [0.3, 0.4) is 0 Å². The fourth-order valence-electron chi connectivity index (χ4n) is 1.53. The van der Waals surface area contributed by atoms with Crippen LogP contribution in [-0.4, -0.2) is 28.9 Å². The first kappa shape index (κ1) is 14.0. The summed E-state index contributed by atoms with van der Waals surface area (Å²) in [6, 6.07) is 0.151. The minimum Gasteiger partial charge on any atom is -0.375 e. The Hall–Kier alpha value is -1.10. The van der Waals surface area contributed by atoms with Crippen LogP contribution in [-0.2, 0) is 0 Å². The normalized spacial score (nSPS) is 13.5. The molecule has 0 spiro atoms. The Kier molecular flexibility index (Phi) is 3.81. The summed E-state index contributed by atoms with van der Waals surface area (Å²) >= 11 is 1.25. The quantitative estimate of drug-likeness (QED) is 0.883. The van der Waals surface area contributed by atoms with E-state index in [1.807, 2.05) is 14.0 Å². The molecule has 0 aliphatic heterocycles. The Morgan fingerprint density at radius 3 is 2.35 bits per heavy atom. The number of nitrogens with zero attached hydrogens (tertiary/aromatic N) is 2. The molecule has 0 saturated carbocycles. The molecule has 4 nitrogen and oxygen atoms in total. The molecule has 1 heterocycles. The van der Waals surface area contributed by atoms with Crippen molar-refractivity contribution in [1.29, 1.82) is 0 Å². The molecular formula is C12H21N3OS. The molecule has 1 aromatic rings. The Morgan fingerprint density at radius 2 is 2.00 bits per heavy atom. The first-order chi connectivity index (χ1) is 7.64. The second kappa shape index (κ2) is 4.64. The summed E-state index contributed by atoms with van der Waals surface area (Å²) in [4.78, 5) is 18.8. The lowest BCUT2D eigenvalue weighted by molar-refractivity contribution is 0.0633. The van der Waals surface area contributed by atoms with Gasteiger partial charge in [0.15, 0.2) is 5.13 Å². The van der Waals surface area contributed by atoms with Crippen molar-refractivity contribution >= 4 is 22.4 Å². The smallest absolute Gasteiger partial charge is 0.265 e. The Morgan fingerprint density at radius 1 is 1.47 bits per heavy atom. The maximum absolute atomic E-state index is 12.3. The summed E-state index contributed by atoms with van der Waals surface area (Å²) in [5.74, 6) is -0.000810. The lowest BCUT2D eigenvalue weighted by Crippen LogP contribution is -2.42. The maximum atomic E-state index is 12.3. The van der Waals surface area contributed by atoms with Gasteiger partial charge in [-0.25, -0.2) is 4.98 Å². The molecule has 2 N–H and O–H groups in total. The molecule has 17 heavy (non-hydrogen) atoms. The van der Waals surface area contributed by atoms with Gasteiger partial charge in [-0.3, -0.25) is 4.79 Å². The molecule has 1 amide bonds. The zero-order chi connectivity index (χ0) is 13.4. The second-order valence-electron chi connectivity index (χ2n) is 5.42. The number of amides is 1. The molecule has 0 bridgehead atoms. The molecular weight excluding hydrogens is 234 g/mol. The number of nitrogens with two attached hydrogens (primary N) is 1. The van der Waals surface area contributed by atoms with E-state index in [4.69, 9.17) is 5.73 Å². The first-order valence-corrected chi connectivity index (χ1v) is 6.46. The highest BCUT2D eigenvalue weighted by atomic mass is 32.1. The van der Waals surface area contributed by atoms with Gasteiger partial charge in [0.1, 0.15) is 4.88 Å². The number of nitrogen functional groups attached to an aromatic ring is 1. The third-order valence-electron chi connectivity index (χ3n) is 3.16. The predicted molar refractivity (Wildman–Crippen MR) is 72.3 cm³/mol. The zero-order valence-corrected chi connectivity index (χ0v) is 12.2. The van der Waals surface area contributed by atoms with Gasteiger partial charge in [0.05, 0.1) is 5.69 Å². The maximum Gasteiger partial charge on any atom is 0.265 e. The van der Waals surface area contributed by atoms with Crippen LogP contribution >= 0.6 is 11.3 Å². The van der Waals surface area contributed by atoms with E-state index >= 15 is 0 Å². The number of aromatic nitrogens is 1. The first-order valence-electron chi connectivity index (χ1n) is 5.64. The van der Waals surface area contributed by atoms with E-state index in [2.05, 4.69) is 32.7 Å². The van der Waals surface area contributed by atoms with Crippen molar-refractivity contribution in [3.63, 3.8) is 0 Å². The van der Waals surface area contributed by atoms with Crippen LogP contribution in [0.25, 0.3) is 0 Å². The summed E-state index contributed by atoms with van der Waals surface area (Å²) in [5, 5.41) is 0.447. The molecule has 0 fully saturated rings. The van der Waals surface area contributed by atoms with Gasteiger partial charge in [-0.15, -0.1) is 0 Å². The molecule has 0 radical (unpaired) electrons. The number of aryl methyl sites for hydroxylation is 1. The van der Waals surface area contributed by atoms with Crippen LogP contribution < -0.4 is 5.73 Å². The van der Waals surface area contributed by atoms with E-state index in [1.54, 1.807) is 4.90 Å². The minimum atomic E-state index is -0.000810. The van der Waals surface area contributed by atoms with E-state index in [1.165, 1.54) is 11.3 Å². The molecule has 0 aromatic carbocycles. The molecule has 1 unspecified atom stereocenters. The van der Waals surface area contributed by atoms with Crippen LogP contribution in [0, 0.1) is 12.3 Å². The molecule has 96 valence electrons. The summed E-state index contributed by atoms with van der Waals surface area (Å²) in [6.45, 7) is 10.2. The standard InChI is InChI=1S/C12H21N3OS/c1-7-9(17-11(13)14-7)10(16)15(6)8(2)12(3,4)5/h8H,1-6H3,(H2,13,14). The number of thiazole rings is 1. The van der Waals surface area contributed by atoms with E-state index in [0.717, 1.165) is 0 Å². The lowest BCUT2D eigenvalue weighted by atomic mass is 9.87. The van der Waals surface area contributed by atoms with Gasteiger partial charge in [0, 0.05) is 13.1 Å². The summed E-state index contributed by atoms with van der Waals surface area (Å²) in [5.41, 5.74) is 6.38. The third-order valence-corrected chi connectivity index (χ3v) is 4.14. The molecule has 0 aliphatic carbocycles. The van der Waals surface area contributed by atoms with E-state index in [0.29, 0.717) is 15.7 Å². The van der Waals surface area contributed by atoms with Crippen molar-refractivity contribution in [2.75, 3.05) is 12.8 Å². The van der Waals surface area contributed by atoms with Gasteiger partial charge in [0.25, 0.3) is 5.91 Å². The summed E-state index contributed by atoms with van der Waals surface area (Å²) in [6.07, 6.45) is 0. The van der Waals surface area contributed by atoms with Crippen molar-refractivity contribution in [3.8, 4) is 0 Å².